The quantitative estimate of drug-likeness (QED) is 0.605. The van der Waals surface area contributed by atoms with Crippen LogP contribution in [0.5, 0.6) is 0 Å². The van der Waals surface area contributed by atoms with E-state index in [9.17, 15) is 4.79 Å². The van der Waals surface area contributed by atoms with Gasteiger partial charge in [0.15, 0.2) is 5.16 Å². The normalized spacial score (nSPS) is 10.6. The highest BCUT2D eigenvalue weighted by Crippen LogP contribution is 2.22. The first kappa shape index (κ1) is 14.1. The van der Waals surface area contributed by atoms with Crippen LogP contribution in [-0.2, 0) is 4.79 Å². The largest absolute Gasteiger partial charge is 0.300 e. The summed E-state index contributed by atoms with van der Waals surface area (Å²) in [6.07, 6.45) is 3.12. The van der Waals surface area contributed by atoms with Crippen LogP contribution < -0.4 is 0 Å². The van der Waals surface area contributed by atoms with Crippen molar-refractivity contribution in [2.75, 3.05) is 5.75 Å². The first-order valence-corrected chi connectivity index (χ1v) is 7.31. The molecule has 0 atom stereocenters. The second-order valence-electron chi connectivity index (χ2n) is 4.12. The van der Waals surface area contributed by atoms with Crippen LogP contribution >= 0.6 is 23.4 Å². The number of hydrogen-bond donors (Lipinski definition) is 0. The summed E-state index contributed by atoms with van der Waals surface area (Å²) in [5.41, 5.74) is 0.937. The Morgan fingerprint density at radius 1 is 1.47 bits per heavy atom. The van der Waals surface area contributed by atoms with E-state index in [1.54, 1.807) is 25.0 Å². The predicted octanol–water partition coefficient (Wildman–Crippen LogP) is 3.38. The number of thioether (sulfide) groups is 1. The smallest absolute Gasteiger partial charge is 0.195 e. The van der Waals surface area contributed by atoms with E-state index in [1.165, 1.54) is 0 Å². The fraction of sp³-hybridized carbons (Fsp3) is 0.308. The minimum absolute atomic E-state index is 0.219. The molecule has 19 heavy (non-hydrogen) atoms. The van der Waals surface area contributed by atoms with Gasteiger partial charge in [-0.25, -0.2) is 0 Å². The van der Waals surface area contributed by atoms with Crippen molar-refractivity contribution >= 4 is 29.1 Å². The molecule has 1 aromatic heterocycles. The number of rotatable bonds is 6. The topological polar surface area (TPSA) is 47.8 Å². The van der Waals surface area contributed by atoms with Crippen molar-refractivity contribution in [3.63, 3.8) is 0 Å². The molecule has 0 unspecified atom stereocenters. The maximum absolute atomic E-state index is 10.9. The lowest BCUT2D eigenvalue weighted by molar-refractivity contribution is -0.117. The number of nitrogens with zero attached hydrogens (tertiary/aromatic N) is 3. The minimum Gasteiger partial charge on any atom is -0.300 e. The monoisotopic (exact) mass is 295 g/mol. The van der Waals surface area contributed by atoms with Crippen LogP contribution in [0.1, 0.15) is 19.8 Å². The number of hydrogen-bond acceptors (Lipinski definition) is 4. The van der Waals surface area contributed by atoms with Crippen LogP contribution in [0.15, 0.2) is 35.7 Å². The van der Waals surface area contributed by atoms with Gasteiger partial charge in [0.05, 0.1) is 5.69 Å². The predicted molar refractivity (Wildman–Crippen MR) is 77.0 cm³/mol. The Morgan fingerprint density at radius 2 is 2.32 bits per heavy atom. The van der Waals surface area contributed by atoms with Gasteiger partial charge in [-0.05, 0) is 31.5 Å². The lowest BCUT2D eigenvalue weighted by atomic mass is 10.3. The van der Waals surface area contributed by atoms with Gasteiger partial charge < -0.3 is 4.79 Å². The highest BCUT2D eigenvalue weighted by atomic mass is 35.5. The zero-order valence-corrected chi connectivity index (χ0v) is 12.1. The van der Waals surface area contributed by atoms with Crippen molar-refractivity contribution in [2.24, 2.45) is 0 Å². The number of ketones is 1. The van der Waals surface area contributed by atoms with E-state index in [2.05, 4.69) is 10.2 Å². The summed E-state index contributed by atoms with van der Waals surface area (Å²) in [6, 6.07) is 7.54. The molecule has 0 N–H and O–H groups in total. The van der Waals surface area contributed by atoms with Crippen molar-refractivity contribution in [1.82, 2.24) is 14.8 Å². The van der Waals surface area contributed by atoms with Gasteiger partial charge in [0.25, 0.3) is 0 Å². The number of carbonyl (C=O) groups is 1. The number of Topliss-reactive ketones (excluding diaryl/α,β-unsaturated/α-hetero) is 1. The molecule has 2 rings (SSSR count). The van der Waals surface area contributed by atoms with Gasteiger partial charge >= 0.3 is 0 Å². The fourth-order valence-electron chi connectivity index (χ4n) is 1.61. The number of halogens is 1. The van der Waals surface area contributed by atoms with Gasteiger partial charge in [-0.2, -0.15) is 0 Å². The van der Waals surface area contributed by atoms with Crippen molar-refractivity contribution in [1.29, 1.82) is 0 Å². The summed E-state index contributed by atoms with van der Waals surface area (Å²) in [5, 5.41) is 9.50. The van der Waals surface area contributed by atoms with Crippen LogP contribution in [0, 0.1) is 0 Å². The van der Waals surface area contributed by atoms with Crippen molar-refractivity contribution in [3.8, 4) is 5.69 Å². The molecule has 100 valence electrons. The number of carbonyl (C=O) groups excluding carboxylic acids is 1. The summed E-state index contributed by atoms with van der Waals surface area (Å²) >= 11 is 7.57. The van der Waals surface area contributed by atoms with Gasteiger partial charge in [-0.1, -0.05) is 29.4 Å². The Morgan fingerprint density at radius 3 is 3.05 bits per heavy atom. The lowest BCUT2D eigenvalue weighted by Gasteiger charge is -2.06. The molecule has 0 amide bonds. The van der Waals surface area contributed by atoms with Gasteiger partial charge in [-0.3, -0.25) is 4.57 Å². The van der Waals surface area contributed by atoms with E-state index in [4.69, 9.17) is 11.6 Å². The molecule has 0 saturated heterocycles. The van der Waals surface area contributed by atoms with Crippen LogP contribution in [0.25, 0.3) is 5.69 Å². The second-order valence-corrected chi connectivity index (χ2v) is 5.62. The van der Waals surface area contributed by atoms with Crippen molar-refractivity contribution in [2.45, 2.75) is 24.9 Å². The van der Waals surface area contributed by atoms with E-state index in [-0.39, 0.29) is 5.78 Å². The molecule has 0 aliphatic carbocycles. The van der Waals surface area contributed by atoms with E-state index in [0.717, 1.165) is 23.0 Å². The molecule has 0 aliphatic heterocycles. The van der Waals surface area contributed by atoms with E-state index < -0.39 is 0 Å². The van der Waals surface area contributed by atoms with Crippen LogP contribution in [-0.4, -0.2) is 26.3 Å². The molecule has 0 saturated carbocycles. The molecule has 4 nitrogen and oxygen atoms in total. The average Bonchev–Trinajstić information content (AvgIpc) is 2.83. The summed E-state index contributed by atoms with van der Waals surface area (Å²) in [7, 11) is 0. The molecule has 6 heteroatoms. The molecule has 1 heterocycles. The molecule has 2 aromatic rings. The minimum atomic E-state index is 0.219. The third-order valence-electron chi connectivity index (χ3n) is 2.51. The van der Waals surface area contributed by atoms with Crippen molar-refractivity contribution in [3.05, 3.63) is 35.6 Å². The third kappa shape index (κ3) is 4.08. The fourth-order valence-corrected chi connectivity index (χ4v) is 2.66. The van der Waals surface area contributed by atoms with Gasteiger partial charge in [0.1, 0.15) is 12.1 Å². The highest BCUT2D eigenvalue weighted by molar-refractivity contribution is 7.99. The highest BCUT2D eigenvalue weighted by Gasteiger charge is 2.07. The zero-order chi connectivity index (χ0) is 13.7. The first-order valence-electron chi connectivity index (χ1n) is 5.95. The Balaban J connectivity index is 2.03. The number of benzene rings is 1. The third-order valence-corrected chi connectivity index (χ3v) is 3.77. The first-order chi connectivity index (χ1) is 9.16. The van der Waals surface area contributed by atoms with Gasteiger partial charge in [0.2, 0.25) is 0 Å². The summed E-state index contributed by atoms with van der Waals surface area (Å²) in [4.78, 5) is 10.9. The molecule has 0 spiro atoms. The van der Waals surface area contributed by atoms with E-state index >= 15 is 0 Å². The summed E-state index contributed by atoms with van der Waals surface area (Å²) < 4.78 is 1.89. The standard InChI is InChI=1S/C13H14ClN3OS/c1-10(18)4-3-7-19-13-16-15-9-17(13)12-6-2-5-11(14)8-12/h2,5-6,8-9H,3-4,7H2,1H3. The SMILES string of the molecule is CC(=O)CCCSc1nncn1-c1cccc(Cl)c1. The molecule has 0 bridgehead atoms. The zero-order valence-electron chi connectivity index (χ0n) is 10.5. The Kier molecular flexibility index (Phi) is 4.99. The molecule has 0 aliphatic rings. The molecular weight excluding hydrogens is 282 g/mol. The van der Waals surface area contributed by atoms with E-state index in [0.29, 0.717) is 11.4 Å². The van der Waals surface area contributed by atoms with Crippen molar-refractivity contribution < 1.29 is 4.79 Å². The van der Waals surface area contributed by atoms with Gasteiger partial charge in [0, 0.05) is 17.2 Å². The van der Waals surface area contributed by atoms with Gasteiger partial charge in [-0.15, -0.1) is 10.2 Å². The van der Waals surface area contributed by atoms with E-state index in [1.807, 2.05) is 28.8 Å². The molecule has 0 fully saturated rings. The summed E-state index contributed by atoms with van der Waals surface area (Å²) in [6.45, 7) is 1.61. The molecule has 1 aromatic carbocycles. The maximum atomic E-state index is 10.9. The maximum Gasteiger partial charge on any atom is 0.195 e. The van der Waals surface area contributed by atoms with Crippen LogP contribution in [0.2, 0.25) is 5.02 Å². The average molecular weight is 296 g/mol. The summed E-state index contributed by atoms with van der Waals surface area (Å²) in [5.74, 6) is 1.07. The Bertz CT molecular complexity index is 571. The lowest BCUT2D eigenvalue weighted by Crippen LogP contribution is -1.96. The molecule has 0 radical (unpaired) electrons. The molecular formula is C13H14ClN3OS. The second kappa shape index (κ2) is 6.73. The Labute approximate surface area is 121 Å². The number of aromatic nitrogens is 3. The Hall–Kier alpha value is -1.33. The van der Waals surface area contributed by atoms with Crippen LogP contribution in [0.3, 0.4) is 0 Å². The van der Waals surface area contributed by atoms with Crippen LogP contribution in [0.4, 0.5) is 0 Å².